The second-order valence-electron chi connectivity index (χ2n) is 4.34. The highest BCUT2D eigenvalue weighted by molar-refractivity contribution is 9.10. The van der Waals surface area contributed by atoms with Gasteiger partial charge in [-0.2, -0.15) is 5.10 Å². The SMILES string of the molecule is CC(C)=NNC(=O)CN(c1ccc(Br)cc1)S(C)(=O)=O. The van der Waals surface area contributed by atoms with Crippen LogP contribution in [0, 0.1) is 0 Å². The van der Waals surface area contributed by atoms with Crippen LogP contribution in [-0.4, -0.2) is 32.8 Å². The zero-order chi connectivity index (χ0) is 15.3. The molecule has 0 saturated carbocycles. The molecule has 0 bridgehead atoms. The van der Waals surface area contributed by atoms with Crippen molar-refractivity contribution in [3.63, 3.8) is 0 Å². The molecule has 1 amide bonds. The number of sulfonamides is 1. The van der Waals surface area contributed by atoms with Crippen LogP contribution in [-0.2, 0) is 14.8 Å². The second kappa shape index (κ2) is 6.85. The molecule has 0 aromatic heterocycles. The van der Waals surface area contributed by atoms with E-state index >= 15 is 0 Å². The Balaban J connectivity index is 2.95. The molecule has 0 fully saturated rings. The molecule has 0 spiro atoms. The monoisotopic (exact) mass is 361 g/mol. The Hall–Kier alpha value is -1.41. The Morgan fingerprint density at radius 2 is 1.85 bits per heavy atom. The van der Waals surface area contributed by atoms with Crippen molar-refractivity contribution in [3.05, 3.63) is 28.7 Å². The highest BCUT2D eigenvalue weighted by Crippen LogP contribution is 2.20. The Kier molecular flexibility index (Phi) is 5.70. The van der Waals surface area contributed by atoms with Crippen LogP contribution < -0.4 is 9.73 Å². The number of halogens is 1. The average molecular weight is 362 g/mol. The van der Waals surface area contributed by atoms with Crippen molar-refractivity contribution < 1.29 is 13.2 Å². The number of rotatable bonds is 5. The first kappa shape index (κ1) is 16.6. The van der Waals surface area contributed by atoms with E-state index in [0.717, 1.165) is 15.0 Å². The highest BCUT2D eigenvalue weighted by atomic mass is 79.9. The lowest BCUT2D eigenvalue weighted by Gasteiger charge is -2.21. The van der Waals surface area contributed by atoms with Crippen LogP contribution in [0.2, 0.25) is 0 Å². The van der Waals surface area contributed by atoms with Crippen LogP contribution in [0.15, 0.2) is 33.8 Å². The number of hydrazone groups is 1. The molecule has 0 aliphatic rings. The molecule has 1 rings (SSSR count). The first-order valence-electron chi connectivity index (χ1n) is 5.73. The van der Waals surface area contributed by atoms with Crippen molar-refractivity contribution in [2.45, 2.75) is 13.8 Å². The first-order valence-corrected chi connectivity index (χ1v) is 8.37. The minimum atomic E-state index is -3.56. The van der Waals surface area contributed by atoms with E-state index in [9.17, 15) is 13.2 Å². The third kappa shape index (κ3) is 5.30. The normalized spacial score (nSPS) is 10.8. The molecule has 0 aliphatic heterocycles. The van der Waals surface area contributed by atoms with Gasteiger partial charge in [0.15, 0.2) is 0 Å². The lowest BCUT2D eigenvalue weighted by molar-refractivity contribution is -0.119. The fraction of sp³-hybridized carbons (Fsp3) is 0.333. The summed E-state index contributed by atoms with van der Waals surface area (Å²) in [4.78, 5) is 11.7. The molecule has 1 aromatic rings. The molecule has 0 atom stereocenters. The van der Waals surface area contributed by atoms with Gasteiger partial charge in [-0.25, -0.2) is 13.8 Å². The third-order valence-corrected chi connectivity index (χ3v) is 3.88. The van der Waals surface area contributed by atoms with Gasteiger partial charge in [0.05, 0.1) is 11.9 Å². The molecule has 0 heterocycles. The number of carbonyl (C=O) groups excluding carboxylic acids is 1. The van der Waals surface area contributed by atoms with Crippen LogP contribution in [0.25, 0.3) is 0 Å². The zero-order valence-corrected chi connectivity index (χ0v) is 13.8. The lowest BCUT2D eigenvalue weighted by Crippen LogP contribution is -2.39. The summed E-state index contributed by atoms with van der Waals surface area (Å²) < 4.78 is 25.4. The number of anilines is 1. The van der Waals surface area contributed by atoms with E-state index in [0.29, 0.717) is 11.4 Å². The van der Waals surface area contributed by atoms with Gasteiger partial charge in [-0.1, -0.05) is 15.9 Å². The summed E-state index contributed by atoms with van der Waals surface area (Å²) in [5.74, 6) is -0.500. The predicted molar refractivity (Wildman–Crippen MR) is 83.3 cm³/mol. The van der Waals surface area contributed by atoms with E-state index in [1.165, 1.54) is 0 Å². The summed E-state index contributed by atoms with van der Waals surface area (Å²) in [6, 6.07) is 6.65. The maximum atomic E-state index is 11.8. The summed E-state index contributed by atoms with van der Waals surface area (Å²) in [7, 11) is -3.56. The molecule has 110 valence electrons. The van der Waals surface area contributed by atoms with Crippen molar-refractivity contribution in [1.29, 1.82) is 0 Å². The molecule has 1 N–H and O–H groups in total. The van der Waals surface area contributed by atoms with E-state index in [2.05, 4.69) is 26.5 Å². The molecular weight excluding hydrogens is 346 g/mol. The molecule has 6 nitrogen and oxygen atoms in total. The molecule has 20 heavy (non-hydrogen) atoms. The molecule has 1 aromatic carbocycles. The smallest absolute Gasteiger partial charge is 0.260 e. The molecule has 0 saturated heterocycles. The van der Waals surface area contributed by atoms with Crippen molar-refractivity contribution in [2.75, 3.05) is 17.1 Å². The van der Waals surface area contributed by atoms with Crippen LogP contribution in [0.3, 0.4) is 0 Å². The number of nitrogens with one attached hydrogen (secondary N) is 1. The van der Waals surface area contributed by atoms with Crippen molar-refractivity contribution >= 4 is 43.3 Å². The van der Waals surface area contributed by atoms with E-state index in [-0.39, 0.29) is 6.54 Å². The van der Waals surface area contributed by atoms with Crippen LogP contribution in [0.1, 0.15) is 13.8 Å². The van der Waals surface area contributed by atoms with Crippen molar-refractivity contribution in [1.82, 2.24) is 5.43 Å². The summed E-state index contributed by atoms with van der Waals surface area (Å²) in [5.41, 5.74) is 3.39. The molecule has 0 unspecified atom stereocenters. The Labute approximate surface area is 127 Å². The minimum Gasteiger partial charge on any atom is -0.271 e. The van der Waals surface area contributed by atoms with Gasteiger partial charge in [0.2, 0.25) is 10.0 Å². The van der Waals surface area contributed by atoms with Gasteiger partial charge in [0.25, 0.3) is 5.91 Å². The van der Waals surface area contributed by atoms with Gasteiger partial charge in [-0.05, 0) is 38.1 Å². The van der Waals surface area contributed by atoms with E-state index in [1.807, 2.05) is 0 Å². The zero-order valence-electron chi connectivity index (χ0n) is 11.4. The van der Waals surface area contributed by atoms with E-state index in [4.69, 9.17) is 0 Å². The second-order valence-corrected chi connectivity index (χ2v) is 7.16. The van der Waals surface area contributed by atoms with E-state index < -0.39 is 15.9 Å². The number of carbonyl (C=O) groups is 1. The quantitative estimate of drug-likeness (QED) is 0.640. The summed E-state index contributed by atoms with van der Waals surface area (Å²) in [6.45, 7) is 3.13. The largest absolute Gasteiger partial charge is 0.271 e. The fourth-order valence-electron chi connectivity index (χ4n) is 1.35. The van der Waals surface area contributed by atoms with Gasteiger partial charge >= 0.3 is 0 Å². The van der Waals surface area contributed by atoms with Gasteiger partial charge < -0.3 is 0 Å². The van der Waals surface area contributed by atoms with E-state index in [1.54, 1.807) is 38.1 Å². The topological polar surface area (TPSA) is 78.8 Å². The average Bonchev–Trinajstić information content (AvgIpc) is 2.33. The molecular formula is C12H16BrN3O3S. The van der Waals surface area contributed by atoms with Crippen LogP contribution >= 0.6 is 15.9 Å². The predicted octanol–water partition coefficient (Wildman–Crippen LogP) is 1.73. The van der Waals surface area contributed by atoms with Crippen molar-refractivity contribution in [2.24, 2.45) is 5.10 Å². The molecule has 8 heteroatoms. The Morgan fingerprint density at radius 1 is 1.30 bits per heavy atom. The molecule has 0 radical (unpaired) electrons. The van der Waals surface area contributed by atoms with Crippen LogP contribution in [0.4, 0.5) is 5.69 Å². The number of hydrogen-bond acceptors (Lipinski definition) is 4. The Morgan fingerprint density at radius 3 is 2.30 bits per heavy atom. The maximum Gasteiger partial charge on any atom is 0.260 e. The fourth-order valence-corrected chi connectivity index (χ4v) is 2.47. The van der Waals surface area contributed by atoms with Gasteiger partial charge in [0.1, 0.15) is 6.54 Å². The summed E-state index contributed by atoms with van der Waals surface area (Å²) >= 11 is 3.27. The number of benzene rings is 1. The number of hydrogen-bond donors (Lipinski definition) is 1. The molecule has 0 aliphatic carbocycles. The highest BCUT2D eigenvalue weighted by Gasteiger charge is 2.20. The number of nitrogens with zero attached hydrogens (tertiary/aromatic N) is 2. The van der Waals surface area contributed by atoms with Crippen LogP contribution in [0.5, 0.6) is 0 Å². The summed E-state index contributed by atoms with van der Waals surface area (Å²) in [6.07, 6.45) is 1.05. The van der Waals surface area contributed by atoms with Crippen molar-refractivity contribution in [3.8, 4) is 0 Å². The first-order chi connectivity index (χ1) is 9.20. The van der Waals surface area contributed by atoms with Gasteiger partial charge in [-0.3, -0.25) is 9.10 Å². The lowest BCUT2D eigenvalue weighted by atomic mass is 10.3. The van der Waals surface area contributed by atoms with Gasteiger partial charge in [-0.15, -0.1) is 0 Å². The Bertz CT molecular complexity index is 607. The number of amides is 1. The minimum absolute atomic E-state index is 0.322. The van der Waals surface area contributed by atoms with Gasteiger partial charge in [0, 0.05) is 10.2 Å². The third-order valence-electron chi connectivity index (χ3n) is 2.21. The maximum absolute atomic E-state index is 11.8. The standard InChI is InChI=1S/C12H16BrN3O3S/c1-9(2)14-15-12(17)8-16(20(3,18)19)11-6-4-10(13)5-7-11/h4-7H,8H2,1-3H3,(H,15,17). The summed E-state index contributed by atoms with van der Waals surface area (Å²) in [5, 5.41) is 3.76.